The number of fused-ring (bicyclic) bond motifs is 2. The summed E-state index contributed by atoms with van der Waals surface area (Å²) in [6.45, 7) is 0.356. The summed E-state index contributed by atoms with van der Waals surface area (Å²) in [5, 5.41) is 1.04. The van der Waals surface area contributed by atoms with Gasteiger partial charge < -0.3 is 19.2 Å². The average Bonchev–Trinajstić information content (AvgIpc) is 3.33. The molecule has 1 aliphatic heterocycles. The van der Waals surface area contributed by atoms with Crippen LogP contribution in [0.1, 0.15) is 21.5 Å². The number of ether oxygens (including phenoxy) is 3. The maximum atomic E-state index is 12.8. The van der Waals surface area contributed by atoms with Crippen LogP contribution in [0.25, 0.3) is 17.0 Å². The maximum Gasteiger partial charge on any atom is 0.231 e. The van der Waals surface area contributed by atoms with Gasteiger partial charge in [0.25, 0.3) is 0 Å². The molecule has 0 saturated carbocycles. The molecule has 0 bridgehead atoms. The lowest BCUT2D eigenvalue weighted by Gasteiger charge is -2.10. The summed E-state index contributed by atoms with van der Waals surface area (Å²) in [5.74, 6) is 2.07. The second-order valence-electron chi connectivity index (χ2n) is 6.99. The maximum absolute atomic E-state index is 12.8. The number of carbonyl (C=O) groups excluding carboxylic acids is 1. The lowest BCUT2D eigenvalue weighted by molar-refractivity contribution is 0.101. The molecule has 0 saturated heterocycles. The van der Waals surface area contributed by atoms with Crippen molar-refractivity contribution in [3.63, 3.8) is 0 Å². The Morgan fingerprint density at radius 2 is 1.87 bits per heavy atom. The fourth-order valence-electron chi connectivity index (χ4n) is 3.59. The van der Waals surface area contributed by atoms with E-state index in [1.54, 1.807) is 31.4 Å². The van der Waals surface area contributed by atoms with E-state index >= 15 is 0 Å². The fraction of sp³-hybridized carbons (Fsp3) is 0.0800. The van der Waals surface area contributed by atoms with Gasteiger partial charge in [0.05, 0.1) is 12.7 Å². The standard InChI is InChI=1S/C25H19NO4/c1-28-22-9-5-2-6-16(22)15-29-18-10-11-20-23(13-18)30-24(25(20)27)12-17-14-26-21-8-4-3-7-19(17)21/h2-14,26H,15H2,1H3. The molecule has 148 valence electrons. The Kier molecular flexibility index (Phi) is 4.48. The van der Waals surface area contributed by atoms with Crippen molar-refractivity contribution in [3.05, 3.63) is 95.4 Å². The summed E-state index contributed by atoms with van der Waals surface area (Å²) < 4.78 is 17.1. The minimum atomic E-state index is -0.133. The number of aromatic amines is 1. The van der Waals surface area contributed by atoms with Crippen LogP contribution in [0.2, 0.25) is 0 Å². The van der Waals surface area contributed by atoms with E-state index in [-0.39, 0.29) is 5.78 Å². The quantitative estimate of drug-likeness (QED) is 0.460. The van der Waals surface area contributed by atoms with E-state index in [1.165, 1.54) is 0 Å². The minimum absolute atomic E-state index is 0.133. The van der Waals surface area contributed by atoms with Gasteiger partial charge in [-0.15, -0.1) is 0 Å². The van der Waals surface area contributed by atoms with Crippen molar-refractivity contribution in [2.75, 3.05) is 7.11 Å². The van der Waals surface area contributed by atoms with Crippen LogP contribution in [-0.4, -0.2) is 17.9 Å². The average molecular weight is 397 g/mol. The van der Waals surface area contributed by atoms with Gasteiger partial charge in [0, 0.05) is 34.3 Å². The lowest BCUT2D eigenvalue weighted by atomic mass is 10.1. The molecule has 0 spiro atoms. The van der Waals surface area contributed by atoms with E-state index in [4.69, 9.17) is 14.2 Å². The normalized spacial score (nSPS) is 14.0. The van der Waals surface area contributed by atoms with Crippen molar-refractivity contribution in [2.24, 2.45) is 0 Å². The first-order valence-electron chi connectivity index (χ1n) is 9.62. The van der Waals surface area contributed by atoms with Gasteiger partial charge in [-0.25, -0.2) is 0 Å². The predicted molar refractivity (Wildman–Crippen MR) is 115 cm³/mol. The number of ketones is 1. The third kappa shape index (κ3) is 3.20. The van der Waals surface area contributed by atoms with Crippen molar-refractivity contribution in [2.45, 2.75) is 6.61 Å². The minimum Gasteiger partial charge on any atom is -0.496 e. The number of benzene rings is 3. The van der Waals surface area contributed by atoms with Crippen LogP contribution in [0.5, 0.6) is 17.2 Å². The van der Waals surface area contributed by atoms with Crippen molar-refractivity contribution >= 4 is 22.8 Å². The van der Waals surface area contributed by atoms with Gasteiger partial charge >= 0.3 is 0 Å². The van der Waals surface area contributed by atoms with Gasteiger partial charge in [0.1, 0.15) is 23.9 Å². The summed E-state index contributed by atoms with van der Waals surface area (Å²) in [6, 6.07) is 20.9. The number of hydrogen-bond acceptors (Lipinski definition) is 4. The number of nitrogens with one attached hydrogen (secondary N) is 1. The van der Waals surface area contributed by atoms with Crippen molar-refractivity contribution in [1.82, 2.24) is 4.98 Å². The van der Waals surface area contributed by atoms with Crippen LogP contribution in [0.15, 0.2) is 78.7 Å². The van der Waals surface area contributed by atoms with E-state index in [0.29, 0.717) is 29.4 Å². The second-order valence-corrected chi connectivity index (χ2v) is 6.99. The number of rotatable bonds is 5. The number of methoxy groups -OCH3 is 1. The molecule has 30 heavy (non-hydrogen) atoms. The van der Waals surface area contributed by atoms with Crippen LogP contribution in [0.3, 0.4) is 0 Å². The number of H-pyrrole nitrogens is 1. The lowest BCUT2D eigenvalue weighted by Crippen LogP contribution is -1.98. The molecule has 2 heterocycles. The molecule has 1 N–H and O–H groups in total. The highest BCUT2D eigenvalue weighted by Gasteiger charge is 2.28. The Balaban J connectivity index is 1.37. The van der Waals surface area contributed by atoms with Crippen molar-refractivity contribution in [3.8, 4) is 17.2 Å². The monoisotopic (exact) mass is 397 g/mol. The Morgan fingerprint density at radius 1 is 1.03 bits per heavy atom. The molecular weight excluding hydrogens is 378 g/mol. The Hall–Kier alpha value is -3.99. The van der Waals surface area contributed by atoms with E-state index in [2.05, 4.69) is 4.98 Å². The largest absolute Gasteiger partial charge is 0.496 e. The summed E-state index contributed by atoms with van der Waals surface area (Å²) in [6.07, 6.45) is 3.65. The van der Waals surface area contributed by atoms with Gasteiger partial charge in [0.2, 0.25) is 5.78 Å². The van der Waals surface area contributed by atoms with E-state index in [0.717, 1.165) is 27.8 Å². The number of aromatic nitrogens is 1. The molecule has 0 atom stereocenters. The smallest absolute Gasteiger partial charge is 0.231 e. The zero-order valence-corrected chi connectivity index (χ0v) is 16.3. The Morgan fingerprint density at radius 3 is 2.77 bits per heavy atom. The first kappa shape index (κ1) is 18.1. The molecule has 5 heteroatoms. The fourth-order valence-corrected chi connectivity index (χ4v) is 3.59. The van der Waals surface area contributed by atoms with Gasteiger partial charge in [-0.3, -0.25) is 4.79 Å². The van der Waals surface area contributed by atoms with Crippen LogP contribution in [-0.2, 0) is 6.61 Å². The molecular formula is C25H19NO4. The molecule has 0 radical (unpaired) electrons. The molecule has 5 rings (SSSR count). The van der Waals surface area contributed by atoms with Crippen molar-refractivity contribution < 1.29 is 19.0 Å². The summed E-state index contributed by atoms with van der Waals surface area (Å²) in [7, 11) is 1.63. The van der Waals surface area contributed by atoms with Gasteiger partial charge in [-0.1, -0.05) is 36.4 Å². The van der Waals surface area contributed by atoms with E-state index < -0.39 is 0 Å². The van der Waals surface area contributed by atoms with Gasteiger partial charge in [-0.2, -0.15) is 0 Å². The van der Waals surface area contributed by atoms with Crippen LogP contribution >= 0.6 is 0 Å². The first-order chi connectivity index (χ1) is 14.7. The number of Topliss-reactive ketones (excluding diaryl/α,β-unsaturated/α-hetero) is 1. The molecule has 4 aromatic rings. The number of allylic oxidation sites excluding steroid dienone is 1. The van der Waals surface area contributed by atoms with E-state index in [9.17, 15) is 4.79 Å². The summed E-state index contributed by atoms with van der Waals surface area (Å²) in [4.78, 5) is 16.0. The Labute approximate surface area is 173 Å². The molecule has 1 aliphatic rings. The predicted octanol–water partition coefficient (Wildman–Crippen LogP) is 5.37. The number of carbonyl (C=O) groups is 1. The summed E-state index contributed by atoms with van der Waals surface area (Å²) >= 11 is 0. The van der Waals surface area contributed by atoms with Crippen LogP contribution in [0, 0.1) is 0 Å². The third-order valence-electron chi connectivity index (χ3n) is 5.14. The van der Waals surface area contributed by atoms with Crippen molar-refractivity contribution in [1.29, 1.82) is 0 Å². The highest BCUT2D eigenvalue weighted by molar-refractivity contribution is 6.15. The molecule has 1 aromatic heterocycles. The second kappa shape index (κ2) is 7.44. The van der Waals surface area contributed by atoms with Crippen LogP contribution < -0.4 is 14.2 Å². The SMILES string of the molecule is COc1ccccc1COc1ccc2c(c1)OC(=Cc1c[nH]c3ccccc13)C2=O. The molecule has 0 fully saturated rings. The molecule has 0 aliphatic carbocycles. The van der Waals surface area contributed by atoms with Gasteiger partial charge in [-0.05, 0) is 30.3 Å². The number of para-hydroxylation sites is 2. The molecule has 0 amide bonds. The zero-order chi connectivity index (χ0) is 20.5. The number of hydrogen-bond donors (Lipinski definition) is 1. The topological polar surface area (TPSA) is 60.6 Å². The summed E-state index contributed by atoms with van der Waals surface area (Å²) in [5.41, 5.74) is 3.40. The third-order valence-corrected chi connectivity index (χ3v) is 5.14. The molecule has 3 aromatic carbocycles. The first-order valence-corrected chi connectivity index (χ1v) is 9.62. The van der Waals surface area contributed by atoms with Gasteiger partial charge in [0.15, 0.2) is 5.76 Å². The highest BCUT2D eigenvalue weighted by Crippen LogP contribution is 2.36. The molecule has 0 unspecified atom stereocenters. The van der Waals surface area contributed by atoms with Crippen LogP contribution in [0.4, 0.5) is 0 Å². The zero-order valence-electron chi connectivity index (χ0n) is 16.3. The molecule has 5 nitrogen and oxygen atoms in total. The van der Waals surface area contributed by atoms with E-state index in [1.807, 2.05) is 54.7 Å². The Bertz CT molecular complexity index is 1290. The highest BCUT2D eigenvalue weighted by atomic mass is 16.5.